The number of nitrogens with one attached hydrogen (secondary N) is 1. The summed E-state index contributed by atoms with van der Waals surface area (Å²) in [7, 11) is 0. The number of hydrogen-bond acceptors (Lipinski definition) is 4. The Morgan fingerprint density at radius 3 is 2.16 bits per heavy atom. The Morgan fingerprint density at radius 2 is 1.63 bits per heavy atom. The molecule has 108 valence electrons. The molecule has 19 heavy (non-hydrogen) atoms. The molecular weight excluding hydrogens is 242 g/mol. The Labute approximate surface area is 115 Å². The highest BCUT2D eigenvalue weighted by molar-refractivity contribution is 5.31. The molecule has 0 aliphatic rings. The molecule has 0 saturated carbocycles. The molecule has 1 atom stereocenters. The Kier molecular flexibility index (Phi) is 7.30. The van der Waals surface area contributed by atoms with Crippen molar-refractivity contribution < 1.29 is 14.6 Å². The van der Waals surface area contributed by atoms with Gasteiger partial charge in [0.15, 0.2) is 0 Å². The second kappa shape index (κ2) is 8.77. The smallest absolute Gasteiger partial charge is 0.119 e. The first-order valence-corrected chi connectivity index (χ1v) is 6.86. The predicted molar refractivity (Wildman–Crippen MR) is 76.8 cm³/mol. The van der Waals surface area contributed by atoms with Crippen molar-refractivity contribution in [3.05, 3.63) is 24.3 Å². The molecule has 1 aromatic carbocycles. The molecule has 1 rings (SSSR count). The van der Waals surface area contributed by atoms with E-state index < -0.39 is 6.10 Å². The van der Waals surface area contributed by atoms with Gasteiger partial charge >= 0.3 is 0 Å². The lowest BCUT2D eigenvalue weighted by Crippen LogP contribution is -2.33. The normalized spacial score (nSPS) is 12.5. The molecule has 0 saturated heterocycles. The molecule has 0 unspecified atom stereocenters. The van der Waals surface area contributed by atoms with E-state index in [-0.39, 0.29) is 0 Å². The van der Waals surface area contributed by atoms with Crippen molar-refractivity contribution >= 4 is 0 Å². The Hall–Kier alpha value is -1.26. The molecule has 0 aliphatic carbocycles. The maximum absolute atomic E-state index is 9.75. The quantitative estimate of drug-likeness (QED) is 0.719. The van der Waals surface area contributed by atoms with Crippen LogP contribution in [0.1, 0.15) is 20.8 Å². The molecule has 0 amide bonds. The number of ether oxygens (including phenoxy) is 2. The van der Waals surface area contributed by atoms with Crippen LogP contribution in [0.4, 0.5) is 0 Å². The van der Waals surface area contributed by atoms with Gasteiger partial charge in [-0.25, -0.2) is 0 Å². The summed E-state index contributed by atoms with van der Waals surface area (Å²) in [6, 6.07) is 7.42. The van der Waals surface area contributed by atoms with Gasteiger partial charge in [0, 0.05) is 6.54 Å². The second-order valence-electron chi connectivity index (χ2n) is 4.92. The van der Waals surface area contributed by atoms with Crippen molar-refractivity contribution in [1.29, 1.82) is 0 Å². The highest BCUT2D eigenvalue weighted by atomic mass is 16.5. The van der Waals surface area contributed by atoms with Crippen LogP contribution in [-0.4, -0.2) is 37.5 Å². The number of aliphatic hydroxyl groups is 1. The Bertz CT molecular complexity index is 338. The van der Waals surface area contributed by atoms with E-state index in [4.69, 9.17) is 9.47 Å². The molecule has 4 heteroatoms. The van der Waals surface area contributed by atoms with Crippen LogP contribution < -0.4 is 14.8 Å². The zero-order valence-corrected chi connectivity index (χ0v) is 12.1. The minimum absolute atomic E-state index is 0.291. The van der Waals surface area contributed by atoms with Gasteiger partial charge in [-0.1, -0.05) is 13.8 Å². The molecule has 0 bridgehead atoms. The largest absolute Gasteiger partial charge is 0.494 e. The number of hydrogen-bond donors (Lipinski definition) is 2. The fourth-order valence-corrected chi connectivity index (χ4v) is 1.59. The van der Waals surface area contributed by atoms with Crippen molar-refractivity contribution in [2.24, 2.45) is 5.92 Å². The fourth-order valence-electron chi connectivity index (χ4n) is 1.59. The lowest BCUT2D eigenvalue weighted by molar-refractivity contribution is 0.106. The third kappa shape index (κ3) is 7.03. The van der Waals surface area contributed by atoms with Gasteiger partial charge in [-0.15, -0.1) is 0 Å². The average molecular weight is 267 g/mol. The van der Waals surface area contributed by atoms with Crippen molar-refractivity contribution in [2.75, 3.05) is 26.3 Å². The maximum atomic E-state index is 9.75. The van der Waals surface area contributed by atoms with E-state index in [0.29, 0.717) is 25.7 Å². The second-order valence-corrected chi connectivity index (χ2v) is 4.92. The van der Waals surface area contributed by atoms with Crippen molar-refractivity contribution in [3.8, 4) is 11.5 Å². The predicted octanol–water partition coefficient (Wildman–Crippen LogP) is 2.07. The van der Waals surface area contributed by atoms with E-state index in [1.165, 1.54) is 0 Å². The SMILES string of the molecule is CCOc1ccc(OC[C@@H](O)CNCC(C)C)cc1. The van der Waals surface area contributed by atoms with Crippen LogP contribution in [0.3, 0.4) is 0 Å². The van der Waals surface area contributed by atoms with Crippen LogP contribution >= 0.6 is 0 Å². The number of benzene rings is 1. The Balaban J connectivity index is 2.23. The summed E-state index contributed by atoms with van der Waals surface area (Å²) in [5.74, 6) is 2.15. The highest BCUT2D eigenvalue weighted by Gasteiger charge is 2.05. The topological polar surface area (TPSA) is 50.7 Å². The van der Waals surface area contributed by atoms with E-state index in [2.05, 4.69) is 19.2 Å². The van der Waals surface area contributed by atoms with Gasteiger partial charge in [0.1, 0.15) is 24.2 Å². The van der Waals surface area contributed by atoms with Crippen LogP contribution in [0.25, 0.3) is 0 Å². The summed E-state index contributed by atoms with van der Waals surface area (Å²) in [6.45, 7) is 8.62. The van der Waals surface area contributed by atoms with Gasteiger partial charge < -0.3 is 19.9 Å². The maximum Gasteiger partial charge on any atom is 0.119 e. The molecule has 0 aromatic heterocycles. The van der Waals surface area contributed by atoms with Crippen molar-refractivity contribution in [3.63, 3.8) is 0 Å². The van der Waals surface area contributed by atoms with Gasteiger partial charge in [0.2, 0.25) is 0 Å². The van der Waals surface area contributed by atoms with Crippen LogP contribution in [0.5, 0.6) is 11.5 Å². The van der Waals surface area contributed by atoms with Crippen molar-refractivity contribution in [1.82, 2.24) is 5.32 Å². The van der Waals surface area contributed by atoms with Gasteiger partial charge in [-0.05, 0) is 43.7 Å². The minimum Gasteiger partial charge on any atom is -0.494 e. The lowest BCUT2D eigenvalue weighted by atomic mass is 10.2. The molecular formula is C15H25NO3. The number of aliphatic hydroxyl groups excluding tert-OH is 1. The van der Waals surface area contributed by atoms with Gasteiger partial charge in [0.05, 0.1) is 6.61 Å². The third-order valence-electron chi connectivity index (χ3n) is 2.51. The van der Waals surface area contributed by atoms with E-state index in [0.717, 1.165) is 18.0 Å². The molecule has 0 spiro atoms. The fraction of sp³-hybridized carbons (Fsp3) is 0.600. The summed E-state index contributed by atoms with van der Waals surface area (Å²) < 4.78 is 10.9. The summed E-state index contributed by atoms with van der Waals surface area (Å²) in [5, 5.41) is 12.9. The van der Waals surface area contributed by atoms with Crippen LogP contribution in [0.15, 0.2) is 24.3 Å². The van der Waals surface area contributed by atoms with E-state index in [9.17, 15) is 5.11 Å². The average Bonchev–Trinajstić information content (AvgIpc) is 2.38. The van der Waals surface area contributed by atoms with E-state index in [1.807, 2.05) is 31.2 Å². The zero-order valence-electron chi connectivity index (χ0n) is 12.1. The summed E-state index contributed by atoms with van der Waals surface area (Å²) >= 11 is 0. The molecule has 0 radical (unpaired) electrons. The molecule has 0 fully saturated rings. The van der Waals surface area contributed by atoms with Crippen molar-refractivity contribution in [2.45, 2.75) is 26.9 Å². The van der Waals surface area contributed by atoms with E-state index >= 15 is 0 Å². The monoisotopic (exact) mass is 267 g/mol. The summed E-state index contributed by atoms with van der Waals surface area (Å²) in [5.41, 5.74) is 0. The molecule has 2 N–H and O–H groups in total. The van der Waals surface area contributed by atoms with E-state index in [1.54, 1.807) is 0 Å². The standard InChI is InChI=1S/C15H25NO3/c1-4-18-14-5-7-15(8-6-14)19-11-13(17)10-16-9-12(2)3/h5-8,12-13,16-17H,4,9-11H2,1-3H3/t13-/m0/s1. The van der Waals surface area contributed by atoms with Gasteiger partial charge in [-0.3, -0.25) is 0 Å². The molecule has 1 aromatic rings. The first kappa shape index (κ1) is 15.8. The molecule has 0 aliphatic heterocycles. The minimum atomic E-state index is -0.495. The summed E-state index contributed by atoms with van der Waals surface area (Å²) in [4.78, 5) is 0. The van der Waals surface area contributed by atoms with Crippen LogP contribution in [0, 0.1) is 5.92 Å². The molecule has 4 nitrogen and oxygen atoms in total. The Morgan fingerprint density at radius 1 is 1.05 bits per heavy atom. The number of rotatable bonds is 9. The summed E-state index contributed by atoms with van der Waals surface area (Å²) in [6.07, 6.45) is -0.495. The first-order valence-electron chi connectivity index (χ1n) is 6.86. The zero-order chi connectivity index (χ0) is 14.1. The molecule has 0 heterocycles. The van der Waals surface area contributed by atoms with Gasteiger partial charge in [0.25, 0.3) is 0 Å². The highest BCUT2D eigenvalue weighted by Crippen LogP contribution is 2.17. The van der Waals surface area contributed by atoms with Crippen LogP contribution in [-0.2, 0) is 0 Å². The van der Waals surface area contributed by atoms with Crippen LogP contribution in [0.2, 0.25) is 0 Å². The van der Waals surface area contributed by atoms with Gasteiger partial charge in [-0.2, -0.15) is 0 Å². The lowest BCUT2D eigenvalue weighted by Gasteiger charge is -2.14. The first-order chi connectivity index (χ1) is 9.11. The third-order valence-corrected chi connectivity index (χ3v) is 2.51.